The molecule has 1 aromatic carbocycles. The first kappa shape index (κ1) is 5.74. The smallest absolute Gasteiger partial charge is 0.111 e. The van der Waals surface area contributed by atoms with Crippen LogP contribution in [0.25, 0.3) is 11.0 Å². The number of imidazole rings is 1. The van der Waals surface area contributed by atoms with E-state index in [0.29, 0.717) is 0 Å². The Kier molecular flexibility index (Phi) is 1.14. The van der Waals surface area contributed by atoms with Gasteiger partial charge in [-0.1, -0.05) is 12.1 Å². The van der Waals surface area contributed by atoms with Gasteiger partial charge in [-0.25, -0.2) is 9.07 Å². The van der Waals surface area contributed by atoms with E-state index in [9.17, 15) is 0 Å². The fourth-order valence-electron chi connectivity index (χ4n) is 0.929. The maximum atomic E-state index is 5.73. The lowest BCUT2D eigenvalue weighted by Gasteiger charge is -1.87. The molecule has 1 aromatic heterocycles. The van der Waals surface area contributed by atoms with Gasteiger partial charge < -0.3 is 0 Å². The van der Waals surface area contributed by atoms with E-state index in [2.05, 4.69) is 4.98 Å². The average molecular weight is 153 g/mol. The first-order valence-electron chi connectivity index (χ1n) is 2.96. The maximum absolute atomic E-state index is 5.73. The summed E-state index contributed by atoms with van der Waals surface area (Å²) in [4.78, 5) is 4.05. The zero-order valence-corrected chi connectivity index (χ0v) is 5.92. The van der Waals surface area contributed by atoms with E-state index in [1.54, 1.807) is 6.33 Å². The number of nitrogens with zero attached hydrogens (tertiary/aromatic N) is 2. The Hall–Kier alpha value is -1.02. The van der Waals surface area contributed by atoms with Crippen LogP contribution in [-0.4, -0.2) is 9.07 Å². The molecule has 0 N–H and O–H groups in total. The van der Waals surface area contributed by atoms with E-state index in [0.717, 1.165) is 11.0 Å². The van der Waals surface area contributed by atoms with E-state index in [4.69, 9.17) is 11.8 Å². The van der Waals surface area contributed by atoms with Crippen LogP contribution in [0.3, 0.4) is 0 Å². The quantitative estimate of drug-likeness (QED) is 0.565. The summed E-state index contributed by atoms with van der Waals surface area (Å²) < 4.78 is 1.48. The number of hydrogen-bond donors (Lipinski definition) is 0. The molecule has 10 heavy (non-hydrogen) atoms. The van der Waals surface area contributed by atoms with E-state index < -0.39 is 0 Å². The van der Waals surface area contributed by atoms with Gasteiger partial charge in [0.15, 0.2) is 0 Å². The third-order valence-corrected chi connectivity index (χ3v) is 1.68. The van der Waals surface area contributed by atoms with Gasteiger partial charge >= 0.3 is 0 Å². The van der Waals surface area contributed by atoms with Crippen molar-refractivity contribution in [3.63, 3.8) is 0 Å². The highest BCUT2D eigenvalue weighted by Crippen LogP contribution is 2.11. The second kappa shape index (κ2) is 1.99. The van der Waals surface area contributed by atoms with Crippen molar-refractivity contribution in [1.82, 2.24) is 9.07 Å². The Labute approximate surface area is 63.2 Å². The molecule has 0 saturated heterocycles. The summed E-state index contributed by atoms with van der Waals surface area (Å²) in [6.07, 6.45) is 1.59. The third-order valence-electron chi connectivity index (χ3n) is 1.41. The molecule has 3 heteroatoms. The van der Waals surface area contributed by atoms with Crippen molar-refractivity contribution in [1.29, 1.82) is 0 Å². The molecule has 0 saturated carbocycles. The maximum Gasteiger partial charge on any atom is 0.111 e. The third kappa shape index (κ3) is 0.693. The predicted molar refractivity (Wildman–Crippen MR) is 41.0 cm³/mol. The van der Waals surface area contributed by atoms with Gasteiger partial charge in [-0.15, -0.1) is 0 Å². The number of fused-ring (bicyclic) bond motifs is 1. The van der Waals surface area contributed by atoms with Crippen molar-refractivity contribution in [2.75, 3.05) is 0 Å². The molecule has 2 aromatic rings. The van der Waals surface area contributed by atoms with E-state index in [1.807, 2.05) is 24.3 Å². The Bertz CT molecular complexity index is 353. The molecular weight excluding hydrogens is 148 g/mol. The summed E-state index contributed by atoms with van der Waals surface area (Å²) in [6.45, 7) is 0. The fourth-order valence-corrected chi connectivity index (χ4v) is 1.12. The van der Waals surface area contributed by atoms with Crippen molar-refractivity contribution < 1.29 is 0 Å². The molecule has 0 unspecified atom stereocenters. The SMILES string of the molecule is Cln1cnc2ccccc21. The number of benzene rings is 1. The molecule has 0 aliphatic heterocycles. The van der Waals surface area contributed by atoms with Crippen LogP contribution in [0.1, 0.15) is 0 Å². The van der Waals surface area contributed by atoms with Crippen molar-refractivity contribution >= 4 is 22.8 Å². The molecule has 0 amide bonds. The first-order chi connectivity index (χ1) is 4.88. The second-order valence-corrected chi connectivity index (χ2v) is 2.41. The fraction of sp³-hybridized carbons (Fsp3) is 0. The van der Waals surface area contributed by atoms with Gasteiger partial charge in [-0.05, 0) is 12.1 Å². The van der Waals surface area contributed by atoms with Crippen LogP contribution in [0.2, 0.25) is 0 Å². The number of hydrogen-bond acceptors (Lipinski definition) is 1. The molecular formula is C7H5ClN2. The molecule has 50 valence electrons. The molecule has 2 rings (SSSR count). The first-order valence-corrected chi connectivity index (χ1v) is 3.30. The number of aromatic nitrogens is 2. The minimum atomic E-state index is 0.928. The normalized spacial score (nSPS) is 10.5. The Morgan fingerprint density at radius 1 is 1.30 bits per heavy atom. The van der Waals surface area contributed by atoms with E-state index >= 15 is 0 Å². The standard InChI is InChI=1S/C7H5ClN2/c8-10-5-9-6-3-1-2-4-7(6)10/h1-5H. The van der Waals surface area contributed by atoms with Crippen LogP contribution in [-0.2, 0) is 0 Å². The topological polar surface area (TPSA) is 17.8 Å². The average Bonchev–Trinajstić information content (AvgIpc) is 2.34. The van der Waals surface area contributed by atoms with Crippen molar-refractivity contribution in [3.8, 4) is 0 Å². The van der Waals surface area contributed by atoms with Gasteiger partial charge in [0.1, 0.15) is 6.33 Å². The molecule has 0 aliphatic rings. The highest BCUT2D eigenvalue weighted by atomic mass is 35.5. The van der Waals surface area contributed by atoms with Crippen LogP contribution in [0.4, 0.5) is 0 Å². The van der Waals surface area contributed by atoms with E-state index in [1.165, 1.54) is 4.09 Å². The van der Waals surface area contributed by atoms with Gasteiger partial charge in [0.2, 0.25) is 0 Å². The van der Waals surface area contributed by atoms with Gasteiger partial charge in [0.25, 0.3) is 0 Å². The zero-order chi connectivity index (χ0) is 6.97. The molecule has 0 spiro atoms. The molecule has 1 heterocycles. The largest absolute Gasteiger partial charge is 0.241 e. The lowest BCUT2D eigenvalue weighted by atomic mass is 10.3. The number of para-hydroxylation sites is 2. The second-order valence-electron chi connectivity index (χ2n) is 2.04. The summed E-state index contributed by atoms with van der Waals surface area (Å²) in [6, 6.07) is 7.72. The Morgan fingerprint density at radius 2 is 2.10 bits per heavy atom. The molecule has 0 radical (unpaired) electrons. The predicted octanol–water partition coefficient (Wildman–Crippen LogP) is 2.04. The van der Waals surface area contributed by atoms with Gasteiger partial charge in [-0.3, -0.25) is 0 Å². The van der Waals surface area contributed by atoms with Crippen molar-refractivity contribution in [2.45, 2.75) is 0 Å². The van der Waals surface area contributed by atoms with Crippen LogP contribution in [0.15, 0.2) is 30.6 Å². The summed E-state index contributed by atoms with van der Waals surface area (Å²) >= 11 is 5.73. The summed E-state index contributed by atoms with van der Waals surface area (Å²) in [5.41, 5.74) is 1.88. The van der Waals surface area contributed by atoms with Crippen LogP contribution < -0.4 is 0 Å². The van der Waals surface area contributed by atoms with Crippen molar-refractivity contribution in [3.05, 3.63) is 30.6 Å². The van der Waals surface area contributed by atoms with Crippen molar-refractivity contribution in [2.24, 2.45) is 0 Å². The summed E-state index contributed by atoms with van der Waals surface area (Å²) in [5, 5.41) is 0. The number of rotatable bonds is 0. The minimum Gasteiger partial charge on any atom is -0.241 e. The molecule has 0 atom stereocenters. The van der Waals surface area contributed by atoms with Crippen LogP contribution in [0, 0.1) is 0 Å². The molecule has 0 bridgehead atoms. The van der Waals surface area contributed by atoms with Crippen LogP contribution in [0.5, 0.6) is 0 Å². The lowest BCUT2D eigenvalue weighted by Crippen LogP contribution is -1.72. The zero-order valence-electron chi connectivity index (χ0n) is 5.16. The Balaban J connectivity index is 2.93. The molecule has 0 fully saturated rings. The van der Waals surface area contributed by atoms with Gasteiger partial charge in [0.05, 0.1) is 11.0 Å². The van der Waals surface area contributed by atoms with E-state index in [-0.39, 0.29) is 0 Å². The van der Waals surface area contributed by atoms with Crippen LogP contribution >= 0.6 is 11.8 Å². The van der Waals surface area contributed by atoms with Gasteiger partial charge in [0, 0.05) is 11.8 Å². The highest BCUT2D eigenvalue weighted by molar-refractivity contribution is 6.18. The molecule has 2 nitrogen and oxygen atoms in total. The number of halogens is 1. The van der Waals surface area contributed by atoms with Gasteiger partial charge in [-0.2, -0.15) is 0 Å². The highest BCUT2D eigenvalue weighted by Gasteiger charge is 1.95. The summed E-state index contributed by atoms with van der Waals surface area (Å²) in [7, 11) is 0. The Morgan fingerprint density at radius 3 is 2.90 bits per heavy atom. The minimum absolute atomic E-state index is 0.928. The summed E-state index contributed by atoms with van der Waals surface area (Å²) in [5.74, 6) is 0. The lowest BCUT2D eigenvalue weighted by molar-refractivity contribution is 1.25. The molecule has 0 aliphatic carbocycles. The monoisotopic (exact) mass is 152 g/mol.